The number of likely N-dealkylation sites (tertiary alicyclic amines) is 1. The second-order valence-corrected chi connectivity index (χ2v) is 9.17. The van der Waals surface area contributed by atoms with E-state index in [2.05, 4.69) is 12.1 Å². The summed E-state index contributed by atoms with van der Waals surface area (Å²) in [6, 6.07) is 10.2. The van der Waals surface area contributed by atoms with E-state index in [0.717, 1.165) is 38.5 Å². The average molecular weight is 505 g/mol. The van der Waals surface area contributed by atoms with E-state index in [0.29, 0.717) is 17.7 Å². The van der Waals surface area contributed by atoms with Gasteiger partial charge < -0.3 is 20.6 Å². The SMILES string of the molecule is N#Cc1ccc(C(=O)N2C3CCC2CC([C@H](N)C(=O)N2CCC[C@H]2C#N)C3)cc1.O=C(O)C(F)(F)F. The van der Waals surface area contributed by atoms with Crippen molar-refractivity contribution in [2.75, 3.05) is 6.54 Å². The van der Waals surface area contributed by atoms with Crippen LogP contribution in [0.3, 0.4) is 0 Å². The molecule has 4 rings (SSSR count). The van der Waals surface area contributed by atoms with Gasteiger partial charge in [0.25, 0.3) is 5.91 Å². The molecule has 2 bridgehead atoms. The van der Waals surface area contributed by atoms with Gasteiger partial charge in [0.05, 0.1) is 23.7 Å². The fourth-order valence-corrected chi connectivity index (χ4v) is 5.24. The maximum Gasteiger partial charge on any atom is 0.490 e. The van der Waals surface area contributed by atoms with Gasteiger partial charge in [0.2, 0.25) is 5.91 Å². The van der Waals surface area contributed by atoms with E-state index in [-0.39, 0.29) is 35.9 Å². The number of hydrogen-bond donors (Lipinski definition) is 2. The van der Waals surface area contributed by atoms with E-state index in [4.69, 9.17) is 20.9 Å². The van der Waals surface area contributed by atoms with Crippen molar-refractivity contribution in [2.24, 2.45) is 11.7 Å². The molecule has 3 heterocycles. The molecule has 0 spiro atoms. The zero-order chi connectivity index (χ0) is 26.6. The number of hydrogen-bond acceptors (Lipinski definition) is 6. The molecule has 12 heteroatoms. The van der Waals surface area contributed by atoms with Crippen molar-refractivity contribution in [1.82, 2.24) is 9.80 Å². The fourth-order valence-electron chi connectivity index (χ4n) is 5.24. The number of carbonyl (C=O) groups excluding carboxylic acids is 2. The highest BCUT2D eigenvalue weighted by atomic mass is 19.4. The van der Waals surface area contributed by atoms with Crippen LogP contribution >= 0.6 is 0 Å². The van der Waals surface area contributed by atoms with Crippen LogP contribution in [0.4, 0.5) is 13.2 Å². The molecule has 2 amide bonds. The minimum Gasteiger partial charge on any atom is -0.475 e. The third-order valence-corrected chi connectivity index (χ3v) is 6.99. The molecule has 3 N–H and O–H groups in total. The Labute approximate surface area is 205 Å². The first kappa shape index (κ1) is 27.0. The Morgan fingerprint density at radius 3 is 2.08 bits per heavy atom. The van der Waals surface area contributed by atoms with Gasteiger partial charge in [-0.3, -0.25) is 9.59 Å². The number of nitrogens with two attached hydrogens (primary N) is 1. The summed E-state index contributed by atoms with van der Waals surface area (Å²) in [7, 11) is 0. The van der Waals surface area contributed by atoms with Crippen LogP contribution in [0, 0.1) is 28.6 Å². The van der Waals surface area contributed by atoms with Crippen molar-refractivity contribution in [2.45, 2.75) is 68.9 Å². The topological polar surface area (TPSA) is 152 Å². The number of alkyl halides is 3. The number of fused-ring (bicyclic) bond motifs is 2. The Morgan fingerprint density at radius 2 is 1.61 bits per heavy atom. The van der Waals surface area contributed by atoms with Gasteiger partial charge in [-0.15, -0.1) is 0 Å². The molecular formula is C24H26F3N5O4. The number of halogens is 3. The van der Waals surface area contributed by atoms with Crippen LogP contribution in [-0.4, -0.2) is 69.6 Å². The number of piperidine rings is 1. The molecule has 3 aliphatic rings. The number of carboxylic acids is 1. The van der Waals surface area contributed by atoms with Crippen LogP contribution in [0.1, 0.15) is 54.4 Å². The molecule has 1 aromatic carbocycles. The normalized spacial score (nSPS) is 25.7. The number of carbonyl (C=O) groups is 3. The van der Waals surface area contributed by atoms with Gasteiger partial charge in [0.1, 0.15) is 6.04 Å². The second-order valence-electron chi connectivity index (χ2n) is 9.17. The van der Waals surface area contributed by atoms with Gasteiger partial charge in [-0.2, -0.15) is 23.7 Å². The summed E-state index contributed by atoms with van der Waals surface area (Å²) in [6.45, 7) is 0.605. The molecule has 0 aliphatic carbocycles. The number of amides is 2. The summed E-state index contributed by atoms with van der Waals surface area (Å²) in [5.74, 6) is -2.85. The third-order valence-electron chi connectivity index (χ3n) is 6.99. The summed E-state index contributed by atoms with van der Waals surface area (Å²) < 4.78 is 31.7. The Balaban J connectivity index is 0.000000454. The summed E-state index contributed by atoms with van der Waals surface area (Å²) >= 11 is 0. The van der Waals surface area contributed by atoms with Crippen LogP contribution in [0.25, 0.3) is 0 Å². The number of rotatable bonds is 3. The van der Waals surface area contributed by atoms with Crippen molar-refractivity contribution < 1.29 is 32.7 Å². The number of benzene rings is 1. The lowest BCUT2D eigenvalue weighted by molar-refractivity contribution is -0.192. The average Bonchev–Trinajstić information content (AvgIpc) is 3.44. The van der Waals surface area contributed by atoms with E-state index in [9.17, 15) is 28.0 Å². The largest absolute Gasteiger partial charge is 0.490 e. The maximum absolute atomic E-state index is 13.1. The molecule has 2 unspecified atom stereocenters. The number of nitrogens with zero attached hydrogens (tertiary/aromatic N) is 4. The minimum absolute atomic E-state index is 0.00979. The molecule has 1 aromatic rings. The van der Waals surface area contributed by atoms with Gasteiger partial charge in [0, 0.05) is 24.2 Å². The molecule has 3 aliphatic heterocycles. The molecule has 3 fully saturated rings. The fraction of sp³-hybridized carbons (Fsp3) is 0.542. The van der Waals surface area contributed by atoms with Crippen LogP contribution in [0.2, 0.25) is 0 Å². The zero-order valence-corrected chi connectivity index (χ0v) is 19.3. The van der Waals surface area contributed by atoms with E-state index >= 15 is 0 Å². The van der Waals surface area contributed by atoms with Gasteiger partial charge in [-0.1, -0.05) is 0 Å². The molecule has 3 saturated heterocycles. The summed E-state index contributed by atoms with van der Waals surface area (Å²) in [6.07, 6.45) is -0.229. The summed E-state index contributed by atoms with van der Waals surface area (Å²) in [5, 5.41) is 25.3. The first-order valence-corrected chi connectivity index (χ1v) is 11.6. The van der Waals surface area contributed by atoms with Crippen molar-refractivity contribution in [1.29, 1.82) is 10.5 Å². The summed E-state index contributed by atoms with van der Waals surface area (Å²) in [4.78, 5) is 38.4. The predicted molar refractivity (Wildman–Crippen MR) is 119 cm³/mol. The van der Waals surface area contributed by atoms with E-state index in [1.165, 1.54) is 0 Å². The predicted octanol–water partition coefficient (Wildman–Crippen LogP) is 2.42. The van der Waals surface area contributed by atoms with Crippen LogP contribution < -0.4 is 5.73 Å². The standard InChI is InChI=1S/C22H25N5O2.C2HF3O2/c23-12-14-3-5-15(6-4-14)21(28)27-17-7-8-18(27)11-16(10-17)20(25)22(29)26-9-1-2-19(26)13-24;3-2(4,5)1(6)7/h3-6,16-20H,1-2,7-11,25H2;(H,6,7)/t16?,17?,18?,19-,20-;/m0./s1. The van der Waals surface area contributed by atoms with Gasteiger partial charge >= 0.3 is 12.1 Å². The van der Waals surface area contributed by atoms with Crippen molar-refractivity contribution >= 4 is 17.8 Å². The smallest absolute Gasteiger partial charge is 0.475 e. The lowest BCUT2D eigenvalue weighted by Gasteiger charge is -2.41. The van der Waals surface area contributed by atoms with Crippen molar-refractivity contribution in [3.63, 3.8) is 0 Å². The van der Waals surface area contributed by atoms with Gasteiger partial charge in [0.15, 0.2) is 0 Å². The van der Waals surface area contributed by atoms with Crippen molar-refractivity contribution in [3.05, 3.63) is 35.4 Å². The lowest BCUT2D eigenvalue weighted by Crippen LogP contribution is -2.54. The Bertz CT molecular complexity index is 1070. The van der Waals surface area contributed by atoms with Crippen molar-refractivity contribution in [3.8, 4) is 12.1 Å². The number of aliphatic carboxylic acids is 1. The molecule has 192 valence electrons. The molecule has 0 saturated carbocycles. The Hall–Kier alpha value is -3.64. The molecule has 4 atom stereocenters. The number of nitriles is 2. The maximum atomic E-state index is 13.1. The molecular weight excluding hydrogens is 479 g/mol. The molecule has 0 aromatic heterocycles. The van der Waals surface area contributed by atoms with E-state index in [1.54, 1.807) is 29.2 Å². The van der Waals surface area contributed by atoms with E-state index < -0.39 is 18.2 Å². The molecule has 0 radical (unpaired) electrons. The minimum atomic E-state index is -5.08. The second kappa shape index (κ2) is 11.0. The third kappa shape index (κ3) is 5.77. The first-order chi connectivity index (χ1) is 17.0. The highest BCUT2D eigenvalue weighted by Gasteiger charge is 2.47. The Morgan fingerprint density at radius 1 is 1.06 bits per heavy atom. The number of carboxylic acid groups (broad SMARTS) is 1. The quantitative estimate of drug-likeness (QED) is 0.640. The highest BCUT2D eigenvalue weighted by molar-refractivity contribution is 5.95. The van der Waals surface area contributed by atoms with Crippen LogP contribution in [0.5, 0.6) is 0 Å². The first-order valence-electron chi connectivity index (χ1n) is 11.6. The monoisotopic (exact) mass is 505 g/mol. The van der Waals surface area contributed by atoms with Crippen LogP contribution in [0.15, 0.2) is 24.3 Å². The van der Waals surface area contributed by atoms with Gasteiger partial charge in [-0.05, 0) is 68.7 Å². The molecule has 9 nitrogen and oxygen atoms in total. The van der Waals surface area contributed by atoms with E-state index in [1.807, 2.05) is 4.90 Å². The molecule has 36 heavy (non-hydrogen) atoms. The van der Waals surface area contributed by atoms with Gasteiger partial charge in [-0.25, -0.2) is 4.79 Å². The van der Waals surface area contributed by atoms with Crippen LogP contribution in [-0.2, 0) is 9.59 Å². The summed E-state index contributed by atoms with van der Waals surface area (Å²) in [5.41, 5.74) is 7.49. The lowest BCUT2D eigenvalue weighted by atomic mass is 9.84. The zero-order valence-electron chi connectivity index (χ0n) is 19.3. The Kier molecular flexibility index (Phi) is 8.21. The highest BCUT2D eigenvalue weighted by Crippen LogP contribution is 2.41.